The van der Waals surface area contributed by atoms with Gasteiger partial charge in [0.1, 0.15) is 16.9 Å². The SMILES string of the molecule is C=Cc1oc2c(c1/C=C\C)c1ccccc1n2-c1cc(-c2ncccn2)cc(-n2c3ccccc3c3c4ccccc4oc32)c1-n1c2ccccc2c2c3ccccc3oc21. The minimum atomic E-state index is 0.577. The summed E-state index contributed by atoms with van der Waals surface area (Å²) in [4.78, 5) is 9.66. The van der Waals surface area contributed by atoms with Crippen LogP contribution in [0.4, 0.5) is 0 Å². The number of aromatic nitrogens is 5. The summed E-state index contributed by atoms with van der Waals surface area (Å²) in [7, 11) is 0. The first-order valence-electron chi connectivity index (χ1n) is 20.3. The van der Waals surface area contributed by atoms with E-state index in [1.54, 1.807) is 18.5 Å². The fraction of sp³-hybridized carbons (Fsp3) is 0.0189. The van der Waals surface area contributed by atoms with Crippen LogP contribution in [0.5, 0.6) is 0 Å². The number of allylic oxidation sites excluding steroid dienone is 1. The lowest BCUT2D eigenvalue weighted by atomic mass is 10.1. The van der Waals surface area contributed by atoms with Crippen molar-refractivity contribution in [3.63, 3.8) is 0 Å². The van der Waals surface area contributed by atoms with Crippen LogP contribution in [0.2, 0.25) is 0 Å². The molecule has 0 unspecified atom stereocenters. The summed E-state index contributed by atoms with van der Waals surface area (Å²) in [6, 6.07) is 48.2. The molecule has 0 radical (unpaired) electrons. The van der Waals surface area contributed by atoms with E-state index in [2.05, 4.69) is 136 Å². The summed E-state index contributed by atoms with van der Waals surface area (Å²) in [5.74, 6) is 1.27. The van der Waals surface area contributed by atoms with Crippen molar-refractivity contribution in [3.8, 4) is 28.5 Å². The van der Waals surface area contributed by atoms with Crippen LogP contribution in [0.1, 0.15) is 18.2 Å². The highest BCUT2D eigenvalue weighted by molar-refractivity contribution is 6.22. The smallest absolute Gasteiger partial charge is 0.213 e. The van der Waals surface area contributed by atoms with E-state index >= 15 is 0 Å². The van der Waals surface area contributed by atoms with Crippen molar-refractivity contribution < 1.29 is 13.3 Å². The summed E-state index contributed by atoms with van der Waals surface area (Å²) in [6.07, 6.45) is 9.49. The van der Waals surface area contributed by atoms with Gasteiger partial charge in [-0.2, -0.15) is 0 Å². The Morgan fingerprint density at radius 2 is 0.967 bits per heavy atom. The second-order valence-electron chi connectivity index (χ2n) is 15.3. The van der Waals surface area contributed by atoms with Crippen LogP contribution in [0, 0.1) is 0 Å². The highest BCUT2D eigenvalue weighted by Crippen LogP contribution is 2.48. The number of fused-ring (bicyclic) bond motifs is 13. The highest BCUT2D eigenvalue weighted by atomic mass is 16.4. The first-order valence-corrected chi connectivity index (χ1v) is 20.3. The molecule has 0 N–H and O–H groups in total. The van der Waals surface area contributed by atoms with Crippen molar-refractivity contribution in [2.75, 3.05) is 0 Å². The molecule has 0 atom stereocenters. The predicted molar refractivity (Wildman–Crippen MR) is 247 cm³/mol. The van der Waals surface area contributed by atoms with Crippen molar-refractivity contribution in [3.05, 3.63) is 176 Å². The normalized spacial score (nSPS) is 12.3. The molecule has 7 heterocycles. The van der Waals surface area contributed by atoms with Gasteiger partial charge in [0, 0.05) is 50.5 Å². The summed E-state index contributed by atoms with van der Waals surface area (Å²) in [6.45, 7) is 6.19. The minimum Gasteiger partial charge on any atom is -0.439 e. The van der Waals surface area contributed by atoms with Crippen molar-refractivity contribution in [2.24, 2.45) is 0 Å². The molecular formula is C53H33N5O3. The van der Waals surface area contributed by atoms with Crippen molar-refractivity contribution in [1.82, 2.24) is 23.7 Å². The summed E-state index contributed by atoms with van der Waals surface area (Å²) in [5.41, 5.74) is 11.0. The van der Waals surface area contributed by atoms with Gasteiger partial charge in [-0.25, -0.2) is 9.97 Å². The Hall–Kier alpha value is -8.36. The molecule has 0 saturated carbocycles. The molecule has 61 heavy (non-hydrogen) atoms. The quantitative estimate of drug-likeness (QED) is 0.168. The highest BCUT2D eigenvalue weighted by Gasteiger charge is 2.31. The fourth-order valence-corrected chi connectivity index (χ4v) is 9.67. The molecule has 0 saturated heterocycles. The number of hydrogen-bond donors (Lipinski definition) is 0. The van der Waals surface area contributed by atoms with Gasteiger partial charge in [0.2, 0.25) is 17.1 Å². The van der Waals surface area contributed by atoms with E-state index in [1.165, 1.54) is 0 Å². The zero-order chi connectivity index (χ0) is 40.3. The molecule has 0 spiro atoms. The topological polar surface area (TPSA) is 80.0 Å². The van der Waals surface area contributed by atoms with Crippen molar-refractivity contribution in [1.29, 1.82) is 0 Å². The van der Waals surface area contributed by atoms with Gasteiger partial charge in [0.05, 0.1) is 49.8 Å². The van der Waals surface area contributed by atoms with Gasteiger partial charge >= 0.3 is 0 Å². The molecule has 0 aliphatic rings. The largest absolute Gasteiger partial charge is 0.439 e. The van der Waals surface area contributed by atoms with Crippen LogP contribution in [-0.4, -0.2) is 23.7 Å². The van der Waals surface area contributed by atoms with Crippen molar-refractivity contribution >= 4 is 100 Å². The Kier molecular flexibility index (Phi) is 6.92. The monoisotopic (exact) mass is 787 g/mol. The van der Waals surface area contributed by atoms with E-state index in [-0.39, 0.29) is 0 Å². The lowest BCUT2D eigenvalue weighted by molar-refractivity contribution is 0.584. The zero-order valence-corrected chi connectivity index (χ0v) is 32.8. The number of hydrogen-bond acceptors (Lipinski definition) is 5. The van der Waals surface area contributed by atoms with Gasteiger partial charge in [-0.15, -0.1) is 0 Å². The molecular weight excluding hydrogens is 755 g/mol. The molecule has 7 aromatic heterocycles. The number of furan rings is 3. The molecule has 288 valence electrons. The number of para-hydroxylation sites is 5. The molecule has 8 nitrogen and oxygen atoms in total. The van der Waals surface area contributed by atoms with Crippen molar-refractivity contribution in [2.45, 2.75) is 6.92 Å². The van der Waals surface area contributed by atoms with Crippen LogP contribution in [0.25, 0.3) is 129 Å². The van der Waals surface area contributed by atoms with E-state index in [9.17, 15) is 0 Å². The second kappa shape index (κ2) is 12.6. The molecule has 0 amide bonds. The van der Waals surface area contributed by atoms with Crippen LogP contribution in [0.3, 0.4) is 0 Å². The third-order valence-corrected chi connectivity index (χ3v) is 12.1. The molecule has 13 aromatic rings. The maximum atomic E-state index is 7.00. The van der Waals surface area contributed by atoms with Crippen LogP contribution < -0.4 is 0 Å². The van der Waals surface area contributed by atoms with Gasteiger partial charge < -0.3 is 13.3 Å². The Bertz CT molecular complexity index is 3980. The summed E-state index contributed by atoms with van der Waals surface area (Å²) < 4.78 is 27.7. The average molecular weight is 788 g/mol. The van der Waals surface area contributed by atoms with Gasteiger partial charge in [-0.05, 0) is 61.5 Å². The molecule has 0 fully saturated rings. The number of rotatable bonds is 6. The van der Waals surface area contributed by atoms with Gasteiger partial charge in [-0.3, -0.25) is 13.7 Å². The van der Waals surface area contributed by atoms with E-state index in [4.69, 9.17) is 23.2 Å². The second-order valence-corrected chi connectivity index (χ2v) is 15.3. The Morgan fingerprint density at radius 1 is 0.508 bits per heavy atom. The molecule has 6 aromatic carbocycles. The van der Waals surface area contributed by atoms with E-state index in [0.29, 0.717) is 17.3 Å². The average Bonchev–Trinajstić information content (AvgIpc) is 4.14. The lowest BCUT2D eigenvalue weighted by Gasteiger charge is -2.21. The summed E-state index contributed by atoms with van der Waals surface area (Å²) in [5, 5.41) is 8.36. The third kappa shape index (κ3) is 4.53. The Morgan fingerprint density at radius 3 is 1.51 bits per heavy atom. The van der Waals surface area contributed by atoms with E-state index < -0.39 is 0 Å². The number of nitrogens with zero attached hydrogens (tertiary/aromatic N) is 5. The standard InChI is InChI=1S/C53H33N5O3/c1-3-16-35-43(4-2)59-51-46(35)32-17-5-10-22-38(32)56(51)41-29-31(50-54-27-15-28-55-50)30-42(57-39-23-11-6-18-33(39)47-36-20-8-13-25-44(36)60-52(47)57)49(41)58-40-24-12-7-19-34(40)48-37-21-9-14-26-45(37)61-53(48)58/h3-30H,2H2,1H3/b16-3-. The molecule has 0 bridgehead atoms. The molecule has 0 aliphatic heterocycles. The zero-order valence-electron chi connectivity index (χ0n) is 32.8. The van der Waals surface area contributed by atoms with Crippen LogP contribution >= 0.6 is 0 Å². The first-order chi connectivity index (χ1) is 30.2. The van der Waals surface area contributed by atoms with Crippen LogP contribution in [0.15, 0.2) is 178 Å². The molecule has 0 aliphatic carbocycles. The molecule has 8 heteroatoms. The first kappa shape index (κ1) is 33.6. The Balaban J connectivity index is 1.31. The van der Waals surface area contributed by atoms with E-state index in [0.717, 1.165) is 110 Å². The fourth-order valence-electron chi connectivity index (χ4n) is 9.67. The van der Waals surface area contributed by atoms with Gasteiger partial charge in [0.15, 0.2) is 5.82 Å². The van der Waals surface area contributed by atoms with Gasteiger partial charge in [0.25, 0.3) is 0 Å². The lowest BCUT2D eigenvalue weighted by Crippen LogP contribution is -2.10. The van der Waals surface area contributed by atoms with E-state index in [1.807, 2.05) is 43.3 Å². The maximum Gasteiger partial charge on any atom is 0.213 e. The maximum absolute atomic E-state index is 7.00. The van der Waals surface area contributed by atoms with Crippen LogP contribution in [-0.2, 0) is 0 Å². The minimum absolute atomic E-state index is 0.577. The Labute approximate surface area is 347 Å². The summed E-state index contributed by atoms with van der Waals surface area (Å²) >= 11 is 0. The van der Waals surface area contributed by atoms with Gasteiger partial charge in [-0.1, -0.05) is 110 Å². The number of benzene rings is 6. The molecule has 13 rings (SSSR count). The predicted octanol–water partition coefficient (Wildman–Crippen LogP) is 14.2. The third-order valence-electron chi connectivity index (χ3n) is 12.1.